The van der Waals surface area contributed by atoms with E-state index < -0.39 is 10.0 Å². The van der Waals surface area contributed by atoms with E-state index in [1.807, 2.05) is 0 Å². The van der Waals surface area contributed by atoms with Crippen LogP contribution in [-0.4, -0.2) is 34.7 Å². The monoisotopic (exact) mass is 315 g/mol. The molecule has 1 N–H and O–H groups in total. The second-order valence-electron chi connectivity index (χ2n) is 4.35. The van der Waals surface area contributed by atoms with Gasteiger partial charge >= 0.3 is 0 Å². The van der Waals surface area contributed by atoms with Crippen molar-refractivity contribution in [3.63, 3.8) is 0 Å². The van der Waals surface area contributed by atoms with E-state index in [1.54, 1.807) is 12.1 Å². The normalized spacial score (nSPS) is 12.0. The van der Waals surface area contributed by atoms with Crippen LogP contribution in [0.2, 0.25) is 5.02 Å². The molecule has 8 heteroatoms. The third kappa shape index (κ3) is 2.79. The molecule has 0 amide bonds. The first kappa shape index (κ1) is 14.8. The van der Waals surface area contributed by atoms with Gasteiger partial charge < -0.3 is 5.11 Å². The Morgan fingerprint density at radius 1 is 1.35 bits per heavy atom. The Labute approximate surface area is 122 Å². The average molecular weight is 316 g/mol. The molecule has 0 spiro atoms. The van der Waals surface area contributed by atoms with Gasteiger partial charge in [-0.1, -0.05) is 23.7 Å². The van der Waals surface area contributed by atoms with Crippen LogP contribution in [0.15, 0.2) is 35.5 Å². The molecule has 0 fully saturated rings. The molecule has 0 aliphatic heterocycles. The Morgan fingerprint density at radius 3 is 2.45 bits per heavy atom. The SMILES string of the molecule is CN(Cc1ccc(O)cc1)S(=O)(=O)c1c(Cl)cnn1C. The third-order valence-corrected chi connectivity index (χ3v) is 5.15. The van der Waals surface area contributed by atoms with Crippen LogP contribution in [0.1, 0.15) is 5.56 Å². The van der Waals surface area contributed by atoms with Gasteiger partial charge in [0.1, 0.15) is 5.75 Å². The van der Waals surface area contributed by atoms with Crippen molar-refractivity contribution in [1.29, 1.82) is 0 Å². The number of aryl methyl sites for hydroxylation is 1. The second kappa shape index (κ2) is 5.43. The van der Waals surface area contributed by atoms with Crippen LogP contribution in [-0.2, 0) is 23.6 Å². The zero-order chi connectivity index (χ0) is 14.9. The van der Waals surface area contributed by atoms with Gasteiger partial charge in [-0.15, -0.1) is 0 Å². The molecule has 1 aromatic heterocycles. The van der Waals surface area contributed by atoms with Crippen molar-refractivity contribution in [2.24, 2.45) is 7.05 Å². The van der Waals surface area contributed by atoms with Gasteiger partial charge in [0.25, 0.3) is 10.0 Å². The molecule has 0 unspecified atom stereocenters. The topological polar surface area (TPSA) is 75.4 Å². The lowest BCUT2D eigenvalue weighted by molar-refractivity contribution is 0.456. The average Bonchev–Trinajstić information content (AvgIpc) is 2.72. The van der Waals surface area contributed by atoms with Crippen molar-refractivity contribution in [2.45, 2.75) is 11.6 Å². The third-order valence-electron chi connectivity index (χ3n) is 2.84. The second-order valence-corrected chi connectivity index (χ2v) is 6.72. The molecule has 1 aromatic carbocycles. The maximum atomic E-state index is 12.4. The first-order valence-corrected chi connectivity index (χ1v) is 7.56. The Hall–Kier alpha value is -1.57. The molecule has 0 radical (unpaired) electrons. The number of benzene rings is 1. The van der Waals surface area contributed by atoms with Gasteiger partial charge in [-0.3, -0.25) is 4.68 Å². The smallest absolute Gasteiger partial charge is 0.261 e. The number of hydrogen-bond acceptors (Lipinski definition) is 4. The van der Waals surface area contributed by atoms with Crippen LogP contribution in [0.5, 0.6) is 5.75 Å². The summed E-state index contributed by atoms with van der Waals surface area (Å²) >= 11 is 5.88. The summed E-state index contributed by atoms with van der Waals surface area (Å²) in [5.74, 6) is 0.133. The van der Waals surface area contributed by atoms with E-state index in [0.29, 0.717) is 0 Å². The molecule has 0 bridgehead atoms. The summed E-state index contributed by atoms with van der Waals surface area (Å²) in [6.07, 6.45) is 1.29. The van der Waals surface area contributed by atoms with Crippen LogP contribution in [0.25, 0.3) is 0 Å². The fourth-order valence-electron chi connectivity index (χ4n) is 1.78. The molecule has 20 heavy (non-hydrogen) atoms. The van der Waals surface area contributed by atoms with Crippen molar-refractivity contribution in [1.82, 2.24) is 14.1 Å². The van der Waals surface area contributed by atoms with Crippen molar-refractivity contribution >= 4 is 21.6 Å². The number of rotatable bonds is 4. The Kier molecular flexibility index (Phi) is 4.03. The van der Waals surface area contributed by atoms with Crippen LogP contribution in [0.4, 0.5) is 0 Å². The van der Waals surface area contributed by atoms with Crippen molar-refractivity contribution in [3.05, 3.63) is 41.0 Å². The summed E-state index contributed by atoms with van der Waals surface area (Å²) in [6.45, 7) is 0.171. The highest BCUT2D eigenvalue weighted by Gasteiger charge is 2.27. The van der Waals surface area contributed by atoms with Gasteiger partial charge in [0.05, 0.1) is 11.2 Å². The van der Waals surface area contributed by atoms with E-state index in [0.717, 1.165) is 5.56 Å². The van der Waals surface area contributed by atoms with Crippen molar-refractivity contribution < 1.29 is 13.5 Å². The molecule has 0 aliphatic carbocycles. The number of phenols is 1. The molecule has 2 aromatic rings. The highest BCUT2D eigenvalue weighted by Crippen LogP contribution is 2.24. The van der Waals surface area contributed by atoms with Gasteiger partial charge in [-0.2, -0.15) is 9.40 Å². The Morgan fingerprint density at radius 2 is 1.95 bits per heavy atom. The Bertz CT molecular complexity index is 691. The van der Waals surface area contributed by atoms with E-state index in [9.17, 15) is 13.5 Å². The predicted octanol–water partition coefficient (Wildman–Crippen LogP) is 1.60. The zero-order valence-corrected chi connectivity index (χ0v) is 12.6. The molecular formula is C12H14ClN3O3S. The van der Waals surface area contributed by atoms with Crippen LogP contribution in [0, 0.1) is 0 Å². The Balaban J connectivity index is 2.28. The quantitative estimate of drug-likeness (QED) is 0.930. The highest BCUT2D eigenvalue weighted by atomic mass is 35.5. The maximum Gasteiger partial charge on any atom is 0.261 e. The van der Waals surface area contributed by atoms with Crippen molar-refractivity contribution in [3.8, 4) is 5.75 Å². The number of aromatic hydroxyl groups is 1. The summed E-state index contributed by atoms with van der Waals surface area (Å²) in [5.41, 5.74) is 0.757. The number of aromatic nitrogens is 2. The van der Waals surface area contributed by atoms with E-state index in [-0.39, 0.29) is 22.3 Å². The zero-order valence-electron chi connectivity index (χ0n) is 11.0. The highest BCUT2D eigenvalue weighted by molar-refractivity contribution is 7.89. The van der Waals surface area contributed by atoms with Crippen molar-refractivity contribution in [2.75, 3.05) is 7.05 Å². The number of phenolic OH excluding ortho intramolecular Hbond substituents is 1. The van der Waals surface area contributed by atoms with E-state index >= 15 is 0 Å². The molecular weight excluding hydrogens is 302 g/mol. The minimum atomic E-state index is -3.73. The van der Waals surface area contributed by atoms with E-state index in [1.165, 1.54) is 41.4 Å². The van der Waals surface area contributed by atoms with Crippen LogP contribution >= 0.6 is 11.6 Å². The first-order valence-electron chi connectivity index (χ1n) is 5.74. The standard InChI is InChI=1S/C12H14ClN3O3S/c1-15(8-9-3-5-10(17)6-4-9)20(18,19)12-11(13)7-14-16(12)2/h3-7,17H,8H2,1-2H3. The van der Waals surface area contributed by atoms with Gasteiger partial charge in [0.2, 0.25) is 0 Å². The van der Waals surface area contributed by atoms with Crippen LogP contribution < -0.4 is 0 Å². The molecule has 108 valence electrons. The number of hydrogen-bond donors (Lipinski definition) is 1. The van der Waals surface area contributed by atoms with Gasteiger partial charge in [0, 0.05) is 20.6 Å². The van der Waals surface area contributed by atoms with Crippen LogP contribution in [0.3, 0.4) is 0 Å². The van der Waals surface area contributed by atoms with Gasteiger partial charge in [-0.25, -0.2) is 8.42 Å². The van der Waals surface area contributed by atoms with Gasteiger partial charge in [-0.05, 0) is 17.7 Å². The molecule has 6 nitrogen and oxygen atoms in total. The minimum Gasteiger partial charge on any atom is -0.508 e. The lowest BCUT2D eigenvalue weighted by Gasteiger charge is -2.17. The fourth-order valence-corrected chi connectivity index (χ4v) is 3.53. The number of halogens is 1. The molecule has 0 atom stereocenters. The summed E-state index contributed by atoms with van der Waals surface area (Å²) in [5, 5.41) is 13.1. The van der Waals surface area contributed by atoms with Gasteiger partial charge in [0.15, 0.2) is 5.03 Å². The minimum absolute atomic E-state index is 0.0413. The molecule has 0 saturated heterocycles. The summed E-state index contributed by atoms with van der Waals surface area (Å²) < 4.78 is 27.3. The molecule has 0 aliphatic rings. The molecule has 1 heterocycles. The summed E-state index contributed by atoms with van der Waals surface area (Å²) in [7, 11) is -0.741. The summed E-state index contributed by atoms with van der Waals surface area (Å²) in [6, 6.07) is 6.33. The predicted molar refractivity (Wildman–Crippen MR) is 75.0 cm³/mol. The first-order chi connectivity index (χ1) is 9.32. The lowest BCUT2D eigenvalue weighted by Crippen LogP contribution is -2.28. The summed E-state index contributed by atoms with van der Waals surface area (Å²) in [4.78, 5) is 0. The lowest BCUT2D eigenvalue weighted by atomic mass is 10.2. The largest absolute Gasteiger partial charge is 0.508 e. The van der Waals surface area contributed by atoms with E-state index in [4.69, 9.17) is 11.6 Å². The number of nitrogens with zero attached hydrogens (tertiary/aromatic N) is 3. The molecule has 2 rings (SSSR count). The maximum absolute atomic E-state index is 12.4. The van der Waals surface area contributed by atoms with E-state index in [2.05, 4.69) is 5.10 Å². The number of sulfonamides is 1. The molecule has 0 saturated carbocycles. The fraction of sp³-hybridized carbons (Fsp3) is 0.250.